The number of amides is 2. The molecule has 0 atom stereocenters. The van der Waals surface area contributed by atoms with E-state index in [9.17, 15) is 9.59 Å². The maximum absolute atomic E-state index is 13.2. The molecule has 2 N–H and O–H groups in total. The van der Waals surface area contributed by atoms with E-state index in [2.05, 4.69) is 10.3 Å². The van der Waals surface area contributed by atoms with Crippen molar-refractivity contribution in [2.24, 2.45) is 0 Å². The lowest BCUT2D eigenvalue weighted by Crippen LogP contribution is -2.39. The topological polar surface area (TPSA) is 83.7 Å². The predicted molar refractivity (Wildman–Crippen MR) is 132 cm³/mol. The van der Waals surface area contributed by atoms with Crippen LogP contribution in [0.15, 0.2) is 83.7 Å². The molecule has 4 rings (SSSR count). The second-order valence-electron chi connectivity index (χ2n) is 7.90. The number of H-pyrrole nitrogens is 1. The Morgan fingerprint density at radius 3 is 2.12 bits per heavy atom. The summed E-state index contributed by atoms with van der Waals surface area (Å²) in [6.45, 7) is 0.913. The number of aromatic nitrogens is 1. The first kappa shape index (κ1) is 22.9. The van der Waals surface area contributed by atoms with Crippen molar-refractivity contribution in [2.75, 3.05) is 14.2 Å². The fraction of sp³-hybridized carbons (Fsp3) is 0.185. The highest BCUT2D eigenvalue weighted by Crippen LogP contribution is 2.31. The number of fused-ring (bicyclic) bond motifs is 1. The molecule has 0 aliphatic rings. The average Bonchev–Trinajstić information content (AvgIpc) is 2.87. The molecule has 0 saturated carbocycles. The van der Waals surface area contributed by atoms with E-state index in [0.717, 1.165) is 16.5 Å². The highest BCUT2D eigenvalue weighted by molar-refractivity contribution is 5.83. The number of aromatic amines is 1. The largest absolute Gasteiger partial charge is 0.493 e. The predicted octanol–water partition coefficient (Wildman–Crippen LogP) is 4.46. The Bertz CT molecular complexity index is 1320. The van der Waals surface area contributed by atoms with E-state index in [-0.39, 0.29) is 18.1 Å². The Morgan fingerprint density at radius 1 is 0.853 bits per heavy atom. The van der Waals surface area contributed by atoms with E-state index >= 15 is 0 Å². The number of carbonyl (C=O) groups excluding carboxylic acids is 1. The number of nitrogens with one attached hydrogen (secondary N) is 2. The van der Waals surface area contributed by atoms with Gasteiger partial charge in [0, 0.05) is 30.1 Å². The van der Waals surface area contributed by atoms with Crippen LogP contribution in [-0.4, -0.2) is 30.1 Å². The molecule has 174 valence electrons. The van der Waals surface area contributed by atoms with Gasteiger partial charge in [-0.1, -0.05) is 60.7 Å². The van der Waals surface area contributed by atoms with E-state index in [0.29, 0.717) is 35.7 Å². The molecule has 0 aliphatic carbocycles. The smallest absolute Gasteiger partial charge is 0.318 e. The van der Waals surface area contributed by atoms with Gasteiger partial charge in [-0.15, -0.1) is 0 Å². The molecule has 3 aromatic carbocycles. The summed E-state index contributed by atoms with van der Waals surface area (Å²) in [6.07, 6.45) is 0. The number of methoxy groups -OCH3 is 2. The van der Waals surface area contributed by atoms with Crippen LogP contribution in [0.5, 0.6) is 11.5 Å². The van der Waals surface area contributed by atoms with Gasteiger partial charge in [0.15, 0.2) is 11.5 Å². The van der Waals surface area contributed by atoms with Gasteiger partial charge in [0.25, 0.3) is 5.56 Å². The lowest BCUT2D eigenvalue weighted by Gasteiger charge is -2.23. The number of hydrogen-bond acceptors (Lipinski definition) is 4. The third kappa shape index (κ3) is 5.38. The number of rotatable bonds is 8. The van der Waals surface area contributed by atoms with Crippen LogP contribution >= 0.6 is 0 Å². The van der Waals surface area contributed by atoms with E-state index < -0.39 is 0 Å². The Kier molecular flexibility index (Phi) is 7.13. The van der Waals surface area contributed by atoms with E-state index in [1.54, 1.807) is 31.3 Å². The van der Waals surface area contributed by atoms with Crippen LogP contribution in [0.2, 0.25) is 0 Å². The minimum atomic E-state index is -0.256. The Labute approximate surface area is 197 Å². The molecule has 0 aliphatic heterocycles. The maximum atomic E-state index is 13.2. The number of benzene rings is 3. The summed E-state index contributed by atoms with van der Waals surface area (Å²) in [6, 6.07) is 24.5. The zero-order valence-corrected chi connectivity index (χ0v) is 19.2. The maximum Gasteiger partial charge on any atom is 0.318 e. The first-order valence-electron chi connectivity index (χ1n) is 11.0. The van der Waals surface area contributed by atoms with Gasteiger partial charge in [-0.2, -0.15) is 0 Å². The summed E-state index contributed by atoms with van der Waals surface area (Å²) < 4.78 is 10.7. The molecule has 0 saturated heterocycles. The third-order valence-electron chi connectivity index (χ3n) is 5.58. The van der Waals surface area contributed by atoms with Gasteiger partial charge >= 0.3 is 6.03 Å². The molecule has 1 heterocycles. The average molecular weight is 458 g/mol. The SMILES string of the molecule is COc1cc2cc(CN(Cc3ccccc3)C(=O)NCc3ccccc3)c(=O)[nH]c2cc1OC. The number of ether oxygens (including phenoxy) is 2. The molecule has 0 bridgehead atoms. The molecule has 7 nitrogen and oxygen atoms in total. The highest BCUT2D eigenvalue weighted by atomic mass is 16.5. The third-order valence-corrected chi connectivity index (χ3v) is 5.58. The van der Waals surface area contributed by atoms with Crippen molar-refractivity contribution in [3.8, 4) is 11.5 Å². The van der Waals surface area contributed by atoms with E-state index in [1.807, 2.05) is 66.7 Å². The molecule has 0 spiro atoms. The number of urea groups is 1. The molecular formula is C27H27N3O4. The second kappa shape index (κ2) is 10.6. The van der Waals surface area contributed by atoms with Crippen LogP contribution in [0.4, 0.5) is 4.79 Å². The monoisotopic (exact) mass is 457 g/mol. The Morgan fingerprint density at radius 2 is 1.47 bits per heavy atom. The number of nitrogens with zero attached hydrogens (tertiary/aromatic N) is 1. The fourth-order valence-corrected chi connectivity index (χ4v) is 3.79. The van der Waals surface area contributed by atoms with Gasteiger partial charge in [-0.25, -0.2) is 4.79 Å². The van der Waals surface area contributed by atoms with Crippen LogP contribution in [0.25, 0.3) is 10.9 Å². The van der Waals surface area contributed by atoms with Crippen molar-refractivity contribution in [3.05, 3.63) is 106 Å². The molecule has 2 amide bonds. The first-order chi connectivity index (χ1) is 16.6. The van der Waals surface area contributed by atoms with Gasteiger partial charge in [-0.3, -0.25) is 4.79 Å². The van der Waals surface area contributed by atoms with E-state index in [4.69, 9.17) is 9.47 Å². The van der Waals surface area contributed by atoms with Gasteiger partial charge in [0.05, 0.1) is 26.3 Å². The molecular weight excluding hydrogens is 430 g/mol. The Balaban J connectivity index is 1.62. The van der Waals surface area contributed by atoms with Gasteiger partial charge in [0.2, 0.25) is 0 Å². The zero-order chi connectivity index (χ0) is 23.9. The second-order valence-corrected chi connectivity index (χ2v) is 7.90. The minimum absolute atomic E-state index is 0.148. The lowest BCUT2D eigenvalue weighted by molar-refractivity contribution is 0.191. The van der Waals surface area contributed by atoms with Crippen molar-refractivity contribution in [1.29, 1.82) is 0 Å². The molecule has 0 unspecified atom stereocenters. The van der Waals surface area contributed by atoms with Crippen molar-refractivity contribution < 1.29 is 14.3 Å². The number of pyridine rings is 1. The summed E-state index contributed by atoms with van der Waals surface area (Å²) in [4.78, 5) is 30.6. The molecule has 0 fully saturated rings. The van der Waals surface area contributed by atoms with Gasteiger partial charge in [-0.05, 0) is 23.3 Å². The van der Waals surface area contributed by atoms with Crippen LogP contribution < -0.4 is 20.3 Å². The molecule has 4 aromatic rings. The van der Waals surface area contributed by atoms with Crippen molar-refractivity contribution >= 4 is 16.9 Å². The van der Waals surface area contributed by atoms with Gasteiger partial charge in [0.1, 0.15) is 0 Å². The number of carbonyl (C=O) groups is 1. The standard InChI is InChI=1S/C27H27N3O4/c1-33-24-14-21-13-22(26(31)29-23(21)15-25(24)34-2)18-30(17-20-11-7-4-8-12-20)27(32)28-16-19-9-5-3-6-10-19/h3-15H,16-18H2,1-2H3,(H,28,32)(H,29,31). The zero-order valence-electron chi connectivity index (χ0n) is 19.2. The van der Waals surface area contributed by atoms with Crippen molar-refractivity contribution in [3.63, 3.8) is 0 Å². The van der Waals surface area contributed by atoms with Crippen molar-refractivity contribution in [2.45, 2.75) is 19.6 Å². The van der Waals surface area contributed by atoms with Crippen LogP contribution in [0.1, 0.15) is 16.7 Å². The number of hydrogen-bond donors (Lipinski definition) is 2. The Hall–Kier alpha value is -4.26. The van der Waals surface area contributed by atoms with Gasteiger partial charge < -0.3 is 24.7 Å². The summed E-state index contributed by atoms with van der Waals surface area (Å²) in [7, 11) is 3.11. The van der Waals surface area contributed by atoms with Crippen molar-refractivity contribution in [1.82, 2.24) is 15.2 Å². The lowest BCUT2D eigenvalue weighted by atomic mass is 10.1. The van der Waals surface area contributed by atoms with Crippen LogP contribution in [0.3, 0.4) is 0 Å². The summed E-state index contributed by atoms with van der Waals surface area (Å²) in [5, 5.41) is 3.76. The van der Waals surface area contributed by atoms with E-state index in [1.165, 1.54) is 0 Å². The first-order valence-corrected chi connectivity index (χ1v) is 11.0. The molecule has 1 aromatic heterocycles. The summed E-state index contributed by atoms with van der Waals surface area (Å²) in [5.41, 5.74) is 2.83. The van der Waals surface area contributed by atoms with Crippen LogP contribution in [0, 0.1) is 0 Å². The summed E-state index contributed by atoms with van der Waals surface area (Å²) >= 11 is 0. The normalized spacial score (nSPS) is 10.6. The van der Waals surface area contributed by atoms with Crippen LogP contribution in [-0.2, 0) is 19.6 Å². The summed E-state index contributed by atoms with van der Waals surface area (Å²) in [5.74, 6) is 1.10. The quantitative estimate of drug-likeness (QED) is 0.409. The highest BCUT2D eigenvalue weighted by Gasteiger charge is 2.17. The minimum Gasteiger partial charge on any atom is -0.493 e. The molecule has 0 radical (unpaired) electrons. The molecule has 7 heteroatoms. The fourth-order valence-electron chi connectivity index (χ4n) is 3.79. The molecule has 34 heavy (non-hydrogen) atoms.